The van der Waals surface area contributed by atoms with Gasteiger partial charge in [-0.15, -0.1) is 0 Å². The fourth-order valence-corrected chi connectivity index (χ4v) is 1.61. The average Bonchev–Trinajstić information content (AvgIpc) is 2.68. The summed E-state index contributed by atoms with van der Waals surface area (Å²) in [6.07, 6.45) is 0. The highest BCUT2D eigenvalue weighted by Gasteiger charge is 2.22. The third kappa shape index (κ3) is 2.32. The Morgan fingerprint density at radius 2 is 2.00 bits per heavy atom. The highest BCUT2D eigenvalue weighted by atomic mass is 35.5. The first-order valence-electron chi connectivity index (χ1n) is 5.13. The van der Waals surface area contributed by atoms with Crippen molar-refractivity contribution < 1.29 is 4.74 Å². The summed E-state index contributed by atoms with van der Waals surface area (Å²) in [5.74, 6) is 1.26. The van der Waals surface area contributed by atoms with E-state index in [9.17, 15) is 0 Å². The Morgan fingerprint density at radius 1 is 1.33 bits per heavy atom. The van der Waals surface area contributed by atoms with Crippen molar-refractivity contribution in [3.05, 3.63) is 34.9 Å². The number of benzene rings is 1. The summed E-state index contributed by atoms with van der Waals surface area (Å²) in [5.41, 5.74) is 1.00. The van der Waals surface area contributed by atoms with Crippen LogP contribution in [-0.4, -0.2) is 18.5 Å². The van der Waals surface area contributed by atoms with Gasteiger partial charge in [0, 0.05) is 10.6 Å². The lowest BCUT2D eigenvalue weighted by molar-refractivity contribution is 0.292. The van der Waals surface area contributed by atoms with E-state index in [2.05, 4.69) is 18.8 Å². The van der Waals surface area contributed by atoms with E-state index in [-0.39, 0.29) is 6.04 Å². The van der Waals surface area contributed by atoms with Crippen molar-refractivity contribution >= 4 is 17.5 Å². The van der Waals surface area contributed by atoms with Crippen LogP contribution in [0.3, 0.4) is 0 Å². The Morgan fingerprint density at radius 3 is 2.53 bits per heavy atom. The van der Waals surface area contributed by atoms with E-state index in [0.29, 0.717) is 12.5 Å². The minimum Gasteiger partial charge on any atom is -0.475 e. The largest absolute Gasteiger partial charge is 0.475 e. The molecule has 0 fully saturated rings. The summed E-state index contributed by atoms with van der Waals surface area (Å²) < 4.78 is 5.56. The van der Waals surface area contributed by atoms with Crippen molar-refractivity contribution in [2.45, 2.75) is 19.9 Å². The predicted octanol–water partition coefficient (Wildman–Crippen LogP) is 3.14. The molecule has 0 aliphatic carbocycles. The quantitative estimate of drug-likeness (QED) is 0.755. The van der Waals surface area contributed by atoms with Crippen LogP contribution >= 0.6 is 11.6 Å². The highest BCUT2D eigenvalue weighted by molar-refractivity contribution is 6.30. The lowest BCUT2D eigenvalue weighted by Crippen LogP contribution is -2.13. The van der Waals surface area contributed by atoms with Gasteiger partial charge in [-0.2, -0.15) is 0 Å². The second-order valence-electron chi connectivity index (χ2n) is 4.06. The number of rotatable bonds is 2. The lowest BCUT2D eigenvalue weighted by Gasteiger charge is -2.06. The van der Waals surface area contributed by atoms with E-state index in [4.69, 9.17) is 16.3 Å². The molecule has 1 aromatic rings. The number of nitrogens with zero attached hydrogens (tertiary/aromatic N) is 1. The maximum Gasteiger partial charge on any atom is 0.216 e. The number of hydrogen-bond acceptors (Lipinski definition) is 2. The molecular formula is C12H14ClNO. The van der Waals surface area contributed by atoms with Crippen molar-refractivity contribution in [3.8, 4) is 0 Å². The van der Waals surface area contributed by atoms with Crippen LogP contribution in [0.5, 0.6) is 0 Å². The molecular weight excluding hydrogens is 210 g/mol. The maximum atomic E-state index is 5.82. The van der Waals surface area contributed by atoms with Crippen LogP contribution in [0.1, 0.15) is 19.4 Å². The Balaban J connectivity index is 2.19. The van der Waals surface area contributed by atoms with Gasteiger partial charge >= 0.3 is 0 Å². The van der Waals surface area contributed by atoms with E-state index in [0.717, 1.165) is 16.5 Å². The first-order chi connectivity index (χ1) is 7.16. The molecule has 0 aromatic heterocycles. The third-order valence-corrected chi connectivity index (χ3v) is 2.79. The first-order valence-corrected chi connectivity index (χ1v) is 5.51. The van der Waals surface area contributed by atoms with Gasteiger partial charge in [0.1, 0.15) is 6.61 Å². The molecule has 1 aromatic carbocycles. The van der Waals surface area contributed by atoms with Gasteiger partial charge in [-0.1, -0.05) is 25.4 Å². The zero-order valence-electron chi connectivity index (χ0n) is 8.90. The fourth-order valence-electron chi connectivity index (χ4n) is 1.48. The van der Waals surface area contributed by atoms with E-state index in [1.54, 1.807) is 0 Å². The summed E-state index contributed by atoms with van der Waals surface area (Å²) in [5, 5.41) is 0.734. The van der Waals surface area contributed by atoms with E-state index >= 15 is 0 Å². The van der Waals surface area contributed by atoms with Crippen LogP contribution in [0.15, 0.2) is 29.3 Å². The van der Waals surface area contributed by atoms with Gasteiger partial charge < -0.3 is 4.74 Å². The summed E-state index contributed by atoms with van der Waals surface area (Å²) in [6, 6.07) is 7.86. The van der Waals surface area contributed by atoms with Crippen LogP contribution in [0.2, 0.25) is 5.02 Å². The zero-order valence-corrected chi connectivity index (χ0v) is 9.66. The molecule has 0 bridgehead atoms. The van der Waals surface area contributed by atoms with Crippen LogP contribution in [-0.2, 0) is 4.74 Å². The van der Waals surface area contributed by atoms with Gasteiger partial charge in [0.05, 0.1) is 6.04 Å². The molecule has 0 saturated carbocycles. The lowest BCUT2D eigenvalue weighted by atomic mass is 10.1. The van der Waals surface area contributed by atoms with E-state index in [1.807, 2.05) is 24.3 Å². The van der Waals surface area contributed by atoms with E-state index < -0.39 is 0 Å². The average molecular weight is 224 g/mol. The minimum absolute atomic E-state index is 0.288. The van der Waals surface area contributed by atoms with E-state index in [1.165, 1.54) is 0 Å². The summed E-state index contributed by atoms with van der Waals surface area (Å²) in [4.78, 5) is 4.54. The van der Waals surface area contributed by atoms with Crippen LogP contribution in [0, 0.1) is 5.92 Å². The van der Waals surface area contributed by atoms with Gasteiger partial charge in [-0.25, -0.2) is 4.99 Å². The second kappa shape index (κ2) is 4.23. The Labute approximate surface area is 94.9 Å². The van der Waals surface area contributed by atoms with Gasteiger partial charge in [-0.05, 0) is 30.2 Å². The van der Waals surface area contributed by atoms with Gasteiger partial charge in [0.15, 0.2) is 0 Å². The van der Waals surface area contributed by atoms with Gasteiger partial charge in [-0.3, -0.25) is 0 Å². The molecule has 1 aliphatic heterocycles. The maximum absolute atomic E-state index is 5.82. The molecule has 15 heavy (non-hydrogen) atoms. The molecule has 0 spiro atoms. The number of aliphatic imine (C=N–C) groups is 1. The number of hydrogen-bond donors (Lipinski definition) is 0. The van der Waals surface area contributed by atoms with Crippen LogP contribution < -0.4 is 0 Å². The minimum atomic E-state index is 0.288. The molecule has 0 radical (unpaired) electrons. The number of halogens is 1. The number of ether oxygens (including phenoxy) is 1. The van der Waals surface area contributed by atoms with Crippen LogP contribution in [0.4, 0.5) is 0 Å². The summed E-state index contributed by atoms with van der Waals surface area (Å²) >= 11 is 5.82. The Kier molecular flexibility index (Phi) is 2.96. The van der Waals surface area contributed by atoms with Crippen LogP contribution in [0.25, 0.3) is 0 Å². The third-order valence-electron chi connectivity index (χ3n) is 2.53. The smallest absolute Gasteiger partial charge is 0.216 e. The molecule has 2 nitrogen and oxygen atoms in total. The fraction of sp³-hybridized carbons (Fsp3) is 0.417. The SMILES string of the molecule is CC(C)C1COC(c2ccc(Cl)cc2)=N1. The van der Waals surface area contributed by atoms with Crippen molar-refractivity contribution in [3.63, 3.8) is 0 Å². The van der Waals surface area contributed by atoms with Crippen molar-refractivity contribution in [1.29, 1.82) is 0 Å². The molecule has 80 valence electrons. The molecule has 1 unspecified atom stereocenters. The first kappa shape index (κ1) is 10.5. The molecule has 0 N–H and O–H groups in total. The normalized spacial score (nSPS) is 20.3. The molecule has 0 amide bonds. The molecule has 1 heterocycles. The molecule has 1 aliphatic rings. The summed E-state index contributed by atoms with van der Waals surface area (Å²) in [6.45, 7) is 5.00. The predicted molar refractivity (Wildman–Crippen MR) is 62.6 cm³/mol. The summed E-state index contributed by atoms with van der Waals surface area (Å²) in [7, 11) is 0. The van der Waals surface area contributed by atoms with Crippen molar-refractivity contribution in [1.82, 2.24) is 0 Å². The molecule has 1 atom stereocenters. The topological polar surface area (TPSA) is 21.6 Å². The van der Waals surface area contributed by atoms with Gasteiger partial charge in [0.25, 0.3) is 0 Å². The second-order valence-corrected chi connectivity index (χ2v) is 4.50. The molecule has 0 saturated heterocycles. The Bertz CT molecular complexity index is 370. The molecule has 2 rings (SSSR count). The highest BCUT2D eigenvalue weighted by Crippen LogP contribution is 2.18. The standard InChI is InChI=1S/C12H14ClNO/c1-8(2)11-7-15-12(14-11)9-3-5-10(13)6-4-9/h3-6,8,11H,7H2,1-2H3. The monoisotopic (exact) mass is 223 g/mol. The van der Waals surface area contributed by atoms with Crippen molar-refractivity contribution in [2.24, 2.45) is 10.9 Å². The van der Waals surface area contributed by atoms with Gasteiger partial charge in [0.2, 0.25) is 5.90 Å². The van der Waals surface area contributed by atoms with Crippen molar-refractivity contribution in [2.75, 3.05) is 6.61 Å². The Hall–Kier alpha value is -1.02. The molecule has 3 heteroatoms. The zero-order chi connectivity index (χ0) is 10.8.